The highest BCUT2D eigenvalue weighted by molar-refractivity contribution is 5.29. The highest BCUT2D eigenvalue weighted by atomic mass is 16.5. The Hall–Kier alpha value is -1.88. The van der Waals surface area contributed by atoms with Crippen LogP contribution in [-0.2, 0) is 13.0 Å². The fraction of sp³-hybridized carbons (Fsp3) is 0.429. The maximum Gasteiger partial charge on any atom is 0.140 e. The molecule has 0 aliphatic carbocycles. The molecule has 0 bridgehead atoms. The van der Waals surface area contributed by atoms with E-state index >= 15 is 0 Å². The Balaban J connectivity index is 1.97. The molecule has 5 nitrogen and oxygen atoms in total. The molecule has 0 unspecified atom stereocenters. The first-order valence-electron chi connectivity index (χ1n) is 6.48. The standard InChI is InChI=1S/C14H20N4O/c1-11-3-4-14(13(17-11)5-6-15)19-10-9-18-8-7-16-12(18)2/h3-4,7-8H,5-6,9-10,15H2,1-2H3. The van der Waals surface area contributed by atoms with Gasteiger partial charge in [0.1, 0.15) is 18.2 Å². The van der Waals surface area contributed by atoms with Gasteiger partial charge in [0.05, 0.1) is 12.2 Å². The summed E-state index contributed by atoms with van der Waals surface area (Å²) in [5, 5.41) is 0. The number of nitrogens with two attached hydrogens (primary N) is 1. The van der Waals surface area contributed by atoms with Gasteiger partial charge in [-0.05, 0) is 32.5 Å². The summed E-state index contributed by atoms with van der Waals surface area (Å²) in [4.78, 5) is 8.65. The number of nitrogens with zero attached hydrogens (tertiary/aromatic N) is 3. The number of imidazole rings is 1. The van der Waals surface area contributed by atoms with E-state index < -0.39 is 0 Å². The molecule has 102 valence electrons. The second kappa shape index (κ2) is 6.33. The van der Waals surface area contributed by atoms with Crippen LogP contribution in [0.2, 0.25) is 0 Å². The van der Waals surface area contributed by atoms with Crippen LogP contribution >= 0.6 is 0 Å². The van der Waals surface area contributed by atoms with Crippen molar-refractivity contribution in [1.82, 2.24) is 14.5 Å². The summed E-state index contributed by atoms with van der Waals surface area (Å²) >= 11 is 0. The first-order valence-corrected chi connectivity index (χ1v) is 6.48. The summed E-state index contributed by atoms with van der Waals surface area (Å²) in [6.45, 7) is 5.90. The third-order valence-corrected chi connectivity index (χ3v) is 2.97. The Bertz CT molecular complexity index is 536. The third-order valence-electron chi connectivity index (χ3n) is 2.97. The Labute approximate surface area is 113 Å². The normalized spacial score (nSPS) is 10.7. The van der Waals surface area contributed by atoms with Crippen LogP contribution in [0.5, 0.6) is 5.75 Å². The van der Waals surface area contributed by atoms with Gasteiger partial charge in [-0.25, -0.2) is 4.98 Å². The molecule has 2 heterocycles. The van der Waals surface area contributed by atoms with Crippen LogP contribution in [0.15, 0.2) is 24.5 Å². The molecule has 0 spiro atoms. The lowest BCUT2D eigenvalue weighted by atomic mass is 10.2. The Morgan fingerprint density at radius 1 is 1.32 bits per heavy atom. The quantitative estimate of drug-likeness (QED) is 0.854. The minimum absolute atomic E-state index is 0.577. The monoisotopic (exact) mass is 260 g/mol. The van der Waals surface area contributed by atoms with E-state index in [2.05, 4.69) is 14.5 Å². The molecule has 2 N–H and O–H groups in total. The second-order valence-electron chi connectivity index (χ2n) is 4.45. The highest BCUT2D eigenvalue weighted by Gasteiger charge is 2.05. The average Bonchev–Trinajstić information content (AvgIpc) is 2.78. The van der Waals surface area contributed by atoms with Crippen molar-refractivity contribution >= 4 is 0 Å². The van der Waals surface area contributed by atoms with E-state index in [0.717, 1.165) is 35.9 Å². The van der Waals surface area contributed by atoms with Gasteiger partial charge in [0, 0.05) is 24.5 Å². The molecule has 5 heteroatoms. The molecule has 0 amide bonds. The van der Waals surface area contributed by atoms with E-state index in [4.69, 9.17) is 10.5 Å². The Kier molecular flexibility index (Phi) is 4.52. The maximum atomic E-state index is 5.81. The number of hydrogen-bond acceptors (Lipinski definition) is 4. The SMILES string of the molecule is Cc1ccc(OCCn2ccnc2C)c(CCN)n1. The van der Waals surface area contributed by atoms with Crippen LogP contribution < -0.4 is 10.5 Å². The van der Waals surface area contributed by atoms with Gasteiger partial charge in [-0.15, -0.1) is 0 Å². The summed E-state index contributed by atoms with van der Waals surface area (Å²) in [5.74, 6) is 1.82. The van der Waals surface area contributed by atoms with Crippen molar-refractivity contribution in [3.63, 3.8) is 0 Å². The molecule has 2 aromatic heterocycles. The molecule has 0 fully saturated rings. The Morgan fingerprint density at radius 3 is 2.84 bits per heavy atom. The molecule has 0 aliphatic heterocycles. The van der Waals surface area contributed by atoms with Crippen molar-refractivity contribution in [3.8, 4) is 5.75 Å². The molecule has 2 aromatic rings. The molecular formula is C14H20N4O. The van der Waals surface area contributed by atoms with E-state index in [9.17, 15) is 0 Å². The molecule has 0 aromatic carbocycles. The first-order chi connectivity index (χ1) is 9.20. The van der Waals surface area contributed by atoms with Gasteiger partial charge in [0.2, 0.25) is 0 Å². The fourth-order valence-corrected chi connectivity index (χ4v) is 1.94. The van der Waals surface area contributed by atoms with Gasteiger partial charge >= 0.3 is 0 Å². The minimum Gasteiger partial charge on any atom is -0.490 e. The van der Waals surface area contributed by atoms with Crippen molar-refractivity contribution in [2.75, 3.05) is 13.2 Å². The number of rotatable bonds is 6. The van der Waals surface area contributed by atoms with E-state index in [1.807, 2.05) is 32.2 Å². The lowest BCUT2D eigenvalue weighted by Gasteiger charge is -2.12. The van der Waals surface area contributed by atoms with Crippen LogP contribution in [0.3, 0.4) is 0 Å². The zero-order valence-corrected chi connectivity index (χ0v) is 11.5. The van der Waals surface area contributed by atoms with Crippen LogP contribution in [0.4, 0.5) is 0 Å². The van der Waals surface area contributed by atoms with Crippen molar-refractivity contribution in [1.29, 1.82) is 0 Å². The van der Waals surface area contributed by atoms with Gasteiger partial charge < -0.3 is 15.0 Å². The zero-order chi connectivity index (χ0) is 13.7. The molecule has 0 saturated carbocycles. The largest absolute Gasteiger partial charge is 0.490 e. The van der Waals surface area contributed by atoms with E-state index in [-0.39, 0.29) is 0 Å². The summed E-state index contributed by atoms with van der Waals surface area (Å²) in [5.41, 5.74) is 7.52. The van der Waals surface area contributed by atoms with Crippen molar-refractivity contribution in [2.24, 2.45) is 5.73 Å². The number of aryl methyl sites for hydroxylation is 2. The van der Waals surface area contributed by atoms with E-state index in [1.165, 1.54) is 0 Å². The first kappa shape index (κ1) is 13.5. The molecule has 0 saturated heterocycles. The van der Waals surface area contributed by atoms with Crippen LogP contribution in [0, 0.1) is 13.8 Å². The maximum absolute atomic E-state index is 5.81. The summed E-state index contributed by atoms with van der Waals surface area (Å²) in [6.07, 6.45) is 4.48. The number of aromatic nitrogens is 3. The topological polar surface area (TPSA) is 66.0 Å². The summed E-state index contributed by atoms with van der Waals surface area (Å²) in [6, 6.07) is 3.92. The fourth-order valence-electron chi connectivity index (χ4n) is 1.94. The van der Waals surface area contributed by atoms with Gasteiger partial charge in [-0.1, -0.05) is 0 Å². The number of hydrogen-bond donors (Lipinski definition) is 1. The molecule has 19 heavy (non-hydrogen) atoms. The van der Waals surface area contributed by atoms with Gasteiger partial charge in [-0.3, -0.25) is 4.98 Å². The lowest BCUT2D eigenvalue weighted by molar-refractivity contribution is 0.292. The van der Waals surface area contributed by atoms with E-state index in [0.29, 0.717) is 13.2 Å². The molecule has 0 aliphatic rings. The van der Waals surface area contributed by atoms with Crippen molar-refractivity contribution in [2.45, 2.75) is 26.8 Å². The number of pyridine rings is 1. The molecule has 0 radical (unpaired) electrons. The second-order valence-corrected chi connectivity index (χ2v) is 4.45. The molecule has 2 rings (SSSR count). The molecule has 0 atom stereocenters. The predicted octanol–water partition coefficient (Wildman–Crippen LogP) is 1.48. The van der Waals surface area contributed by atoms with Crippen molar-refractivity contribution < 1.29 is 4.74 Å². The summed E-state index contributed by atoms with van der Waals surface area (Å²) < 4.78 is 7.87. The number of ether oxygens (including phenoxy) is 1. The molecular weight excluding hydrogens is 240 g/mol. The van der Waals surface area contributed by atoms with Crippen molar-refractivity contribution in [3.05, 3.63) is 41.7 Å². The van der Waals surface area contributed by atoms with Gasteiger partial charge in [0.25, 0.3) is 0 Å². The minimum atomic E-state index is 0.577. The van der Waals surface area contributed by atoms with Crippen LogP contribution in [0.25, 0.3) is 0 Å². The van der Waals surface area contributed by atoms with Crippen LogP contribution in [0.1, 0.15) is 17.2 Å². The van der Waals surface area contributed by atoms with Gasteiger partial charge in [-0.2, -0.15) is 0 Å². The zero-order valence-electron chi connectivity index (χ0n) is 11.5. The van der Waals surface area contributed by atoms with Gasteiger partial charge in [0.15, 0.2) is 0 Å². The Morgan fingerprint density at radius 2 is 2.16 bits per heavy atom. The predicted molar refractivity (Wildman–Crippen MR) is 74.2 cm³/mol. The smallest absolute Gasteiger partial charge is 0.140 e. The van der Waals surface area contributed by atoms with E-state index in [1.54, 1.807) is 6.20 Å². The highest BCUT2D eigenvalue weighted by Crippen LogP contribution is 2.17. The third kappa shape index (κ3) is 3.54. The average molecular weight is 260 g/mol. The van der Waals surface area contributed by atoms with Crippen LogP contribution in [-0.4, -0.2) is 27.7 Å². The summed E-state index contributed by atoms with van der Waals surface area (Å²) in [7, 11) is 0. The lowest BCUT2D eigenvalue weighted by Crippen LogP contribution is -2.12.